The predicted molar refractivity (Wildman–Crippen MR) is 86.0 cm³/mol. The summed E-state index contributed by atoms with van der Waals surface area (Å²) in [6.45, 7) is 0.342. The highest BCUT2D eigenvalue weighted by Gasteiger charge is 2.06. The molecule has 116 valence electrons. The maximum Gasteiger partial charge on any atom is 0.221 e. The Balaban J connectivity index is 1.75. The smallest absolute Gasteiger partial charge is 0.221 e. The fraction of sp³-hybridized carbons (Fsp3) is 0.235. The number of nitrogens with one attached hydrogen (secondary N) is 1. The van der Waals surface area contributed by atoms with Gasteiger partial charge in [-0.05, 0) is 23.3 Å². The third kappa shape index (κ3) is 4.86. The number of aliphatic hydroxyl groups excluding tert-OH is 1. The number of carbonyl (C=O) groups is 1. The van der Waals surface area contributed by atoms with Crippen LogP contribution in [0, 0.1) is 5.82 Å². The lowest BCUT2D eigenvalue weighted by Crippen LogP contribution is -2.23. The molecule has 0 spiro atoms. The van der Waals surface area contributed by atoms with Crippen LogP contribution < -0.4 is 5.32 Å². The number of amides is 1. The van der Waals surface area contributed by atoms with Crippen molar-refractivity contribution in [3.05, 3.63) is 65.5 Å². The first-order chi connectivity index (χ1) is 10.7. The standard InChI is InChI=1S/C17H18FNO2S/c18-15-7-3-4-8-16(15)22-10-9-17(21)19-11-13-5-1-2-6-14(13)12-20/h1-8,20H,9-12H2,(H,19,21). The molecule has 2 rings (SSSR count). The van der Waals surface area contributed by atoms with E-state index in [9.17, 15) is 14.3 Å². The van der Waals surface area contributed by atoms with E-state index in [1.54, 1.807) is 18.2 Å². The van der Waals surface area contributed by atoms with Crippen LogP contribution in [0.25, 0.3) is 0 Å². The van der Waals surface area contributed by atoms with E-state index in [-0.39, 0.29) is 18.3 Å². The van der Waals surface area contributed by atoms with Gasteiger partial charge >= 0.3 is 0 Å². The number of hydrogen-bond acceptors (Lipinski definition) is 3. The minimum atomic E-state index is -0.259. The van der Waals surface area contributed by atoms with Crippen LogP contribution in [0.3, 0.4) is 0 Å². The minimum Gasteiger partial charge on any atom is -0.392 e. The number of rotatable bonds is 7. The van der Waals surface area contributed by atoms with Crippen LogP contribution >= 0.6 is 11.8 Å². The van der Waals surface area contributed by atoms with E-state index >= 15 is 0 Å². The molecule has 0 aliphatic carbocycles. The summed E-state index contributed by atoms with van der Waals surface area (Å²) >= 11 is 1.33. The van der Waals surface area contributed by atoms with Crippen LogP contribution in [0.5, 0.6) is 0 Å². The van der Waals surface area contributed by atoms with Crippen LogP contribution in [-0.2, 0) is 17.9 Å². The third-order valence-corrected chi connectivity index (χ3v) is 4.24. The second-order valence-electron chi connectivity index (χ2n) is 4.73. The molecule has 0 heterocycles. The van der Waals surface area contributed by atoms with Gasteiger partial charge in [-0.15, -0.1) is 11.8 Å². The van der Waals surface area contributed by atoms with E-state index in [4.69, 9.17) is 0 Å². The van der Waals surface area contributed by atoms with E-state index in [1.807, 2.05) is 24.3 Å². The lowest BCUT2D eigenvalue weighted by molar-refractivity contribution is -0.120. The topological polar surface area (TPSA) is 49.3 Å². The Morgan fingerprint density at radius 3 is 2.50 bits per heavy atom. The fourth-order valence-electron chi connectivity index (χ4n) is 1.98. The number of hydrogen-bond donors (Lipinski definition) is 2. The largest absolute Gasteiger partial charge is 0.392 e. The summed E-state index contributed by atoms with van der Waals surface area (Å²) in [7, 11) is 0. The second-order valence-corrected chi connectivity index (χ2v) is 5.87. The number of carbonyl (C=O) groups excluding carboxylic acids is 1. The molecule has 0 aliphatic heterocycles. The summed E-state index contributed by atoms with van der Waals surface area (Å²) in [5.41, 5.74) is 1.71. The van der Waals surface area contributed by atoms with Gasteiger partial charge in [0, 0.05) is 23.6 Å². The average Bonchev–Trinajstić information content (AvgIpc) is 2.55. The van der Waals surface area contributed by atoms with Crippen LogP contribution in [0.15, 0.2) is 53.4 Å². The highest BCUT2D eigenvalue weighted by atomic mass is 32.2. The van der Waals surface area contributed by atoms with Crippen LogP contribution in [-0.4, -0.2) is 16.8 Å². The highest BCUT2D eigenvalue weighted by Crippen LogP contribution is 2.21. The quantitative estimate of drug-likeness (QED) is 0.771. The first-order valence-corrected chi connectivity index (χ1v) is 8.01. The Morgan fingerprint density at radius 1 is 1.09 bits per heavy atom. The summed E-state index contributed by atoms with van der Waals surface area (Å²) in [6, 6.07) is 14.0. The zero-order chi connectivity index (χ0) is 15.8. The molecular formula is C17H18FNO2S. The molecule has 0 fully saturated rings. The predicted octanol–water partition coefficient (Wildman–Crippen LogP) is 3.12. The van der Waals surface area contributed by atoms with E-state index in [0.29, 0.717) is 23.6 Å². The first-order valence-electron chi connectivity index (χ1n) is 7.02. The lowest BCUT2D eigenvalue weighted by Gasteiger charge is -2.09. The van der Waals surface area contributed by atoms with Gasteiger partial charge in [0.15, 0.2) is 0 Å². The van der Waals surface area contributed by atoms with E-state index in [2.05, 4.69) is 5.32 Å². The van der Waals surface area contributed by atoms with Gasteiger partial charge in [0.2, 0.25) is 5.91 Å². The van der Waals surface area contributed by atoms with Crippen molar-refractivity contribution in [1.82, 2.24) is 5.32 Å². The van der Waals surface area contributed by atoms with E-state index in [0.717, 1.165) is 11.1 Å². The summed E-state index contributed by atoms with van der Waals surface area (Å²) < 4.78 is 13.4. The SMILES string of the molecule is O=C(CCSc1ccccc1F)NCc1ccccc1CO. The number of halogens is 1. The Bertz CT molecular complexity index is 634. The van der Waals surface area contributed by atoms with Crippen molar-refractivity contribution in [3.63, 3.8) is 0 Å². The van der Waals surface area contributed by atoms with Gasteiger partial charge in [-0.2, -0.15) is 0 Å². The molecule has 0 radical (unpaired) electrons. The van der Waals surface area contributed by atoms with Crippen molar-refractivity contribution < 1.29 is 14.3 Å². The van der Waals surface area contributed by atoms with Crippen molar-refractivity contribution in [2.75, 3.05) is 5.75 Å². The van der Waals surface area contributed by atoms with E-state index < -0.39 is 0 Å². The van der Waals surface area contributed by atoms with Gasteiger partial charge in [-0.3, -0.25) is 4.79 Å². The molecule has 0 aromatic heterocycles. The van der Waals surface area contributed by atoms with Gasteiger partial charge in [-0.25, -0.2) is 4.39 Å². The summed E-state index contributed by atoms with van der Waals surface area (Å²) in [5.74, 6) is 0.176. The molecule has 2 aromatic rings. The van der Waals surface area contributed by atoms with Crippen LogP contribution in [0.1, 0.15) is 17.5 Å². The maximum atomic E-state index is 13.4. The summed E-state index contributed by atoms with van der Waals surface area (Å²) in [4.78, 5) is 12.4. The zero-order valence-electron chi connectivity index (χ0n) is 12.1. The van der Waals surface area contributed by atoms with Gasteiger partial charge in [-0.1, -0.05) is 36.4 Å². The van der Waals surface area contributed by atoms with Gasteiger partial charge < -0.3 is 10.4 Å². The minimum absolute atomic E-state index is 0.0464. The van der Waals surface area contributed by atoms with Gasteiger partial charge in [0.25, 0.3) is 0 Å². The second kappa shape index (κ2) is 8.56. The Labute approximate surface area is 133 Å². The molecule has 2 aromatic carbocycles. The molecule has 22 heavy (non-hydrogen) atoms. The molecule has 2 N–H and O–H groups in total. The highest BCUT2D eigenvalue weighted by molar-refractivity contribution is 7.99. The van der Waals surface area contributed by atoms with Crippen molar-refractivity contribution in [3.8, 4) is 0 Å². The normalized spacial score (nSPS) is 10.5. The summed E-state index contributed by atoms with van der Waals surface area (Å²) in [5, 5.41) is 12.0. The Morgan fingerprint density at radius 2 is 1.77 bits per heavy atom. The molecule has 0 saturated carbocycles. The van der Waals surface area contributed by atoms with Crippen LogP contribution in [0.2, 0.25) is 0 Å². The maximum absolute atomic E-state index is 13.4. The molecule has 0 unspecified atom stereocenters. The zero-order valence-corrected chi connectivity index (χ0v) is 12.9. The third-order valence-electron chi connectivity index (χ3n) is 3.19. The molecule has 5 heteroatoms. The molecule has 0 saturated heterocycles. The number of thioether (sulfide) groups is 1. The van der Waals surface area contributed by atoms with E-state index in [1.165, 1.54) is 17.8 Å². The first kappa shape index (κ1) is 16.5. The average molecular weight is 319 g/mol. The number of benzene rings is 2. The Kier molecular flexibility index (Phi) is 6.43. The monoisotopic (exact) mass is 319 g/mol. The van der Waals surface area contributed by atoms with Crippen molar-refractivity contribution >= 4 is 17.7 Å². The van der Waals surface area contributed by atoms with Gasteiger partial charge in [0.1, 0.15) is 5.82 Å². The molecule has 0 bridgehead atoms. The van der Waals surface area contributed by atoms with Crippen molar-refractivity contribution in [2.24, 2.45) is 0 Å². The van der Waals surface area contributed by atoms with Crippen molar-refractivity contribution in [2.45, 2.75) is 24.5 Å². The number of aliphatic hydroxyl groups is 1. The summed E-state index contributed by atoms with van der Waals surface area (Å²) in [6.07, 6.45) is 0.320. The molecular weight excluding hydrogens is 301 g/mol. The van der Waals surface area contributed by atoms with Crippen molar-refractivity contribution in [1.29, 1.82) is 0 Å². The molecule has 0 aliphatic rings. The molecule has 1 amide bonds. The van der Waals surface area contributed by atoms with Gasteiger partial charge in [0.05, 0.1) is 6.61 Å². The fourth-order valence-corrected chi connectivity index (χ4v) is 2.87. The molecule has 3 nitrogen and oxygen atoms in total. The lowest BCUT2D eigenvalue weighted by atomic mass is 10.1. The Hall–Kier alpha value is -1.85. The van der Waals surface area contributed by atoms with Crippen LogP contribution in [0.4, 0.5) is 4.39 Å². The molecule has 0 atom stereocenters.